The Kier molecular flexibility index (Phi) is 6.56. The van der Waals surface area contributed by atoms with Gasteiger partial charge in [-0.2, -0.15) is 0 Å². The van der Waals surface area contributed by atoms with E-state index in [1.807, 2.05) is 45.9 Å². The average molecular weight is 286 g/mol. The summed E-state index contributed by atoms with van der Waals surface area (Å²) in [5.41, 5.74) is 0. The van der Waals surface area contributed by atoms with Gasteiger partial charge < -0.3 is 4.52 Å². The molecule has 0 unspecified atom stereocenters. The number of rotatable bonds is 8. The van der Waals surface area contributed by atoms with Gasteiger partial charge in [0.25, 0.3) is 0 Å². The lowest BCUT2D eigenvalue weighted by Gasteiger charge is -2.20. The van der Waals surface area contributed by atoms with Crippen LogP contribution in [0.3, 0.4) is 0 Å². The number of phosphoric ester groups is 1. The molecular formula is C14H23O4P. The highest BCUT2D eigenvalue weighted by atomic mass is 31.2. The van der Waals surface area contributed by atoms with Crippen molar-refractivity contribution < 1.29 is 18.1 Å². The molecule has 0 heterocycles. The second kappa shape index (κ2) is 7.68. The fourth-order valence-electron chi connectivity index (χ4n) is 1.18. The summed E-state index contributed by atoms with van der Waals surface area (Å²) in [4.78, 5) is 0. The molecule has 0 aliphatic heterocycles. The van der Waals surface area contributed by atoms with Crippen molar-refractivity contribution >= 4 is 7.82 Å². The van der Waals surface area contributed by atoms with Crippen molar-refractivity contribution in [2.24, 2.45) is 11.8 Å². The monoisotopic (exact) mass is 286 g/mol. The van der Waals surface area contributed by atoms with Crippen molar-refractivity contribution in [1.29, 1.82) is 0 Å². The van der Waals surface area contributed by atoms with Crippen LogP contribution in [0.1, 0.15) is 27.7 Å². The topological polar surface area (TPSA) is 44.8 Å². The summed E-state index contributed by atoms with van der Waals surface area (Å²) >= 11 is 0. The van der Waals surface area contributed by atoms with Crippen LogP contribution in [-0.2, 0) is 13.6 Å². The smallest absolute Gasteiger partial charge is 0.404 e. The van der Waals surface area contributed by atoms with Gasteiger partial charge in [0.15, 0.2) is 0 Å². The molecule has 0 aromatic heterocycles. The Balaban J connectivity index is 2.70. The van der Waals surface area contributed by atoms with E-state index in [-0.39, 0.29) is 11.8 Å². The van der Waals surface area contributed by atoms with Gasteiger partial charge in [0.2, 0.25) is 0 Å². The maximum Gasteiger partial charge on any atom is 0.530 e. The van der Waals surface area contributed by atoms with Gasteiger partial charge in [0.1, 0.15) is 5.75 Å². The molecule has 0 fully saturated rings. The molecule has 0 amide bonds. The van der Waals surface area contributed by atoms with Crippen molar-refractivity contribution in [3.8, 4) is 5.75 Å². The Morgan fingerprint density at radius 1 is 0.947 bits per heavy atom. The molecule has 19 heavy (non-hydrogen) atoms. The quantitative estimate of drug-likeness (QED) is 0.659. The lowest BCUT2D eigenvalue weighted by molar-refractivity contribution is 0.131. The van der Waals surface area contributed by atoms with Gasteiger partial charge in [-0.1, -0.05) is 45.9 Å². The summed E-state index contributed by atoms with van der Waals surface area (Å²) in [6, 6.07) is 8.94. The third kappa shape index (κ3) is 6.76. The van der Waals surface area contributed by atoms with E-state index in [9.17, 15) is 4.57 Å². The molecular weight excluding hydrogens is 263 g/mol. The Morgan fingerprint density at radius 2 is 1.42 bits per heavy atom. The molecule has 0 N–H and O–H groups in total. The normalized spacial score (nSPS) is 12.1. The number of hydrogen-bond acceptors (Lipinski definition) is 4. The van der Waals surface area contributed by atoms with Crippen LogP contribution in [0, 0.1) is 11.8 Å². The highest BCUT2D eigenvalue weighted by molar-refractivity contribution is 7.48. The minimum atomic E-state index is -3.55. The minimum Gasteiger partial charge on any atom is -0.404 e. The average Bonchev–Trinajstić information content (AvgIpc) is 2.36. The minimum absolute atomic E-state index is 0.260. The van der Waals surface area contributed by atoms with E-state index in [0.717, 1.165) is 0 Å². The summed E-state index contributed by atoms with van der Waals surface area (Å²) < 4.78 is 28.7. The molecule has 0 radical (unpaired) electrons. The highest BCUT2D eigenvalue weighted by Crippen LogP contribution is 2.50. The second-order valence-corrected chi connectivity index (χ2v) is 6.82. The number of benzene rings is 1. The van der Waals surface area contributed by atoms with Crippen LogP contribution in [0.4, 0.5) is 0 Å². The zero-order chi connectivity index (χ0) is 14.3. The van der Waals surface area contributed by atoms with E-state index in [4.69, 9.17) is 13.6 Å². The lowest BCUT2D eigenvalue weighted by atomic mass is 10.2. The van der Waals surface area contributed by atoms with Crippen molar-refractivity contribution in [2.75, 3.05) is 13.2 Å². The molecule has 1 aromatic carbocycles. The maximum atomic E-state index is 12.5. The Morgan fingerprint density at radius 3 is 1.84 bits per heavy atom. The van der Waals surface area contributed by atoms with Gasteiger partial charge in [-0.25, -0.2) is 4.57 Å². The predicted molar refractivity (Wildman–Crippen MR) is 76.3 cm³/mol. The number of hydrogen-bond donors (Lipinski definition) is 0. The molecule has 0 bridgehead atoms. The predicted octanol–water partition coefficient (Wildman–Crippen LogP) is 4.52. The van der Waals surface area contributed by atoms with Crippen LogP contribution in [0.5, 0.6) is 5.75 Å². The zero-order valence-corrected chi connectivity index (χ0v) is 12.9. The van der Waals surface area contributed by atoms with Crippen molar-refractivity contribution in [2.45, 2.75) is 27.7 Å². The molecule has 1 aromatic rings. The Bertz CT molecular complexity index is 387. The first-order valence-corrected chi connectivity index (χ1v) is 8.01. The van der Waals surface area contributed by atoms with Crippen molar-refractivity contribution in [3.05, 3.63) is 30.3 Å². The zero-order valence-electron chi connectivity index (χ0n) is 12.0. The summed E-state index contributed by atoms with van der Waals surface area (Å²) in [6.07, 6.45) is 0. The van der Waals surface area contributed by atoms with Crippen LogP contribution in [0.2, 0.25) is 0 Å². The van der Waals surface area contributed by atoms with Crippen molar-refractivity contribution in [3.63, 3.8) is 0 Å². The molecule has 0 aliphatic carbocycles. The molecule has 0 atom stereocenters. The van der Waals surface area contributed by atoms with Crippen LogP contribution in [-0.4, -0.2) is 13.2 Å². The fourth-order valence-corrected chi connectivity index (χ4v) is 2.70. The van der Waals surface area contributed by atoms with Gasteiger partial charge in [0, 0.05) is 0 Å². The molecule has 0 saturated carbocycles. The summed E-state index contributed by atoms with van der Waals surface area (Å²) in [6.45, 7) is 8.60. The highest BCUT2D eigenvalue weighted by Gasteiger charge is 2.29. The Hall–Kier alpha value is -0.830. The largest absolute Gasteiger partial charge is 0.530 e. The summed E-state index contributed by atoms with van der Waals surface area (Å²) in [5.74, 6) is 1.00. The first-order chi connectivity index (χ1) is 8.91. The Labute approximate surface area is 115 Å². The number of phosphoric acid groups is 1. The van der Waals surface area contributed by atoms with Crippen LogP contribution in [0.25, 0.3) is 0 Å². The third-order valence-corrected chi connectivity index (χ3v) is 3.46. The molecule has 108 valence electrons. The molecule has 1 rings (SSSR count). The van der Waals surface area contributed by atoms with E-state index in [2.05, 4.69) is 0 Å². The van der Waals surface area contributed by atoms with E-state index >= 15 is 0 Å². The maximum absolute atomic E-state index is 12.5. The molecule has 0 aliphatic rings. The van der Waals surface area contributed by atoms with Gasteiger partial charge >= 0.3 is 7.82 Å². The van der Waals surface area contributed by atoms with Gasteiger partial charge in [-0.3, -0.25) is 9.05 Å². The molecule has 0 saturated heterocycles. The van der Waals surface area contributed by atoms with Crippen LogP contribution in [0.15, 0.2) is 30.3 Å². The molecule has 5 heteroatoms. The van der Waals surface area contributed by atoms with Gasteiger partial charge in [0.05, 0.1) is 13.2 Å². The summed E-state index contributed by atoms with van der Waals surface area (Å²) in [5, 5.41) is 0. The standard InChI is InChI=1S/C14H23O4P/c1-12(2)10-16-19(15,17-11-13(3)4)18-14-8-6-5-7-9-14/h5-9,12-13H,10-11H2,1-4H3. The molecule has 0 spiro atoms. The summed E-state index contributed by atoms with van der Waals surface area (Å²) in [7, 11) is -3.55. The van der Waals surface area contributed by atoms with Crippen LogP contribution < -0.4 is 4.52 Å². The van der Waals surface area contributed by atoms with Crippen molar-refractivity contribution in [1.82, 2.24) is 0 Å². The first kappa shape index (κ1) is 16.2. The van der Waals surface area contributed by atoms with Gasteiger partial charge in [-0.15, -0.1) is 0 Å². The third-order valence-electron chi connectivity index (χ3n) is 2.09. The van der Waals surface area contributed by atoms with E-state index < -0.39 is 7.82 Å². The second-order valence-electron chi connectivity index (χ2n) is 5.23. The SMILES string of the molecule is CC(C)COP(=O)(OCC(C)C)Oc1ccccc1. The van der Waals surface area contributed by atoms with E-state index in [1.54, 1.807) is 12.1 Å². The van der Waals surface area contributed by atoms with Gasteiger partial charge in [-0.05, 0) is 24.0 Å². The van der Waals surface area contributed by atoms with E-state index in [1.165, 1.54) is 0 Å². The fraction of sp³-hybridized carbons (Fsp3) is 0.571. The number of para-hydroxylation sites is 1. The first-order valence-electron chi connectivity index (χ1n) is 6.55. The van der Waals surface area contributed by atoms with Crippen LogP contribution >= 0.6 is 7.82 Å². The van der Waals surface area contributed by atoms with E-state index in [0.29, 0.717) is 19.0 Å². The molecule has 4 nitrogen and oxygen atoms in total. The lowest BCUT2D eigenvalue weighted by Crippen LogP contribution is -2.10.